The second-order valence-electron chi connectivity index (χ2n) is 3.23. The van der Waals surface area contributed by atoms with Gasteiger partial charge in [-0.05, 0) is 18.3 Å². The van der Waals surface area contributed by atoms with Gasteiger partial charge in [-0.25, -0.2) is 0 Å². The van der Waals surface area contributed by atoms with Crippen LogP contribution in [0.15, 0.2) is 37.0 Å². The average molecular weight is 132 g/mol. The van der Waals surface area contributed by atoms with E-state index in [9.17, 15) is 0 Å². The van der Waals surface area contributed by atoms with Gasteiger partial charge < -0.3 is 0 Å². The Balaban J connectivity index is 2.33. The van der Waals surface area contributed by atoms with Crippen molar-refractivity contribution in [2.45, 2.75) is 6.42 Å². The van der Waals surface area contributed by atoms with E-state index >= 15 is 0 Å². The molecule has 0 aromatic rings. The van der Waals surface area contributed by atoms with Crippen LogP contribution < -0.4 is 0 Å². The lowest BCUT2D eigenvalue weighted by molar-refractivity contribution is 0.606. The summed E-state index contributed by atoms with van der Waals surface area (Å²) in [6, 6.07) is 0. The zero-order chi connectivity index (χ0) is 7.14. The second-order valence-corrected chi connectivity index (χ2v) is 3.23. The predicted molar refractivity (Wildman–Crippen MR) is 43.6 cm³/mol. The third-order valence-electron chi connectivity index (χ3n) is 2.74. The van der Waals surface area contributed by atoms with Crippen molar-refractivity contribution >= 4 is 0 Å². The van der Waals surface area contributed by atoms with Crippen LogP contribution in [0.1, 0.15) is 6.42 Å². The fraction of sp³-hybridized carbons (Fsp3) is 0.400. The maximum atomic E-state index is 4.07. The zero-order valence-corrected chi connectivity index (χ0v) is 6.09. The lowest BCUT2D eigenvalue weighted by Gasteiger charge is -2.15. The first kappa shape index (κ1) is 5.96. The Labute approximate surface area is 61.9 Å². The Morgan fingerprint density at radius 2 is 2.30 bits per heavy atom. The van der Waals surface area contributed by atoms with Crippen molar-refractivity contribution in [3.05, 3.63) is 37.0 Å². The maximum absolute atomic E-state index is 4.07. The van der Waals surface area contributed by atoms with Crippen LogP contribution in [0, 0.1) is 17.8 Å². The molecule has 0 heterocycles. The summed E-state index contributed by atoms with van der Waals surface area (Å²) >= 11 is 0. The van der Waals surface area contributed by atoms with Crippen LogP contribution in [0.3, 0.4) is 0 Å². The summed E-state index contributed by atoms with van der Waals surface area (Å²) in [5, 5.41) is 0. The van der Waals surface area contributed by atoms with Gasteiger partial charge in [0.25, 0.3) is 0 Å². The van der Waals surface area contributed by atoms with Gasteiger partial charge in [0.15, 0.2) is 0 Å². The van der Waals surface area contributed by atoms with Gasteiger partial charge in [0.05, 0.1) is 0 Å². The van der Waals surface area contributed by atoms with Crippen LogP contribution >= 0.6 is 0 Å². The van der Waals surface area contributed by atoms with E-state index in [0.717, 1.165) is 5.92 Å². The third-order valence-corrected chi connectivity index (χ3v) is 2.74. The summed E-state index contributed by atoms with van der Waals surface area (Å²) in [5.74, 6) is 1.98. The van der Waals surface area contributed by atoms with Crippen LogP contribution in [0.2, 0.25) is 0 Å². The molecule has 0 radical (unpaired) electrons. The van der Waals surface area contributed by atoms with E-state index in [4.69, 9.17) is 0 Å². The van der Waals surface area contributed by atoms with E-state index in [0.29, 0.717) is 11.8 Å². The SMILES string of the molecule is C=CC1C(=C)C2C=CC1C2. The molecular formula is C10H12. The number of allylic oxidation sites excluding steroid dienone is 4. The molecule has 0 nitrogen and oxygen atoms in total. The van der Waals surface area contributed by atoms with Gasteiger partial charge in [-0.15, -0.1) is 6.58 Å². The molecule has 3 unspecified atom stereocenters. The van der Waals surface area contributed by atoms with Gasteiger partial charge in [-0.2, -0.15) is 0 Å². The quantitative estimate of drug-likeness (QED) is 0.481. The summed E-state index contributed by atoms with van der Waals surface area (Å²) in [6.07, 6.45) is 7.92. The van der Waals surface area contributed by atoms with Crippen molar-refractivity contribution in [1.82, 2.24) is 0 Å². The van der Waals surface area contributed by atoms with Crippen LogP contribution in [0.4, 0.5) is 0 Å². The van der Waals surface area contributed by atoms with Crippen LogP contribution in [-0.4, -0.2) is 0 Å². The first-order valence-electron chi connectivity index (χ1n) is 3.82. The smallest absolute Gasteiger partial charge is 0.00404 e. The van der Waals surface area contributed by atoms with Crippen molar-refractivity contribution in [1.29, 1.82) is 0 Å². The summed E-state index contributed by atoms with van der Waals surface area (Å²) < 4.78 is 0. The van der Waals surface area contributed by atoms with E-state index in [1.807, 2.05) is 6.08 Å². The molecule has 0 aromatic carbocycles. The molecule has 1 saturated carbocycles. The van der Waals surface area contributed by atoms with Crippen molar-refractivity contribution < 1.29 is 0 Å². The molecule has 0 saturated heterocycles. The molecule has 1 fully saturated rings. The van der Waals surface area contributed by atoms with Crippen molar-refractivity contribution in [3.8, 4) is 0 Å². The Morgan fingerprint density at radius 3 is 2.70 bits per heavy atom. The van der Waals surface area contributed by atoms with Gasteiger partial charge in [-0.1, -0.05) is 30.4 Å². The summed E-state index contributed by atoms with van der Waals surface area (Å²) in [5.41, 5.74) is 1.38. The molecule has 0 amide bonds. The number of hydrogen-bond acceptors (Lipinski definition) is 0. The molecule has 10 heavy (non-hydrogen) atoms. The molecule has 2 aliphatic carbocycles. The van der Waals surface area contributed by atoms with Crippen molar-refractivity contribution in [3.63, 3.8) is 0 Å². The van der Waals surface area contributed by atoms with Gasteiger partial charge in [0, 0.05) is 5.92 Å². The minimum Gasteiger partial charge on any atom is -0.102 e. The molecule has 0 aromatic heterocycles. The molecule has 0 N–H and O–H groups in total. The lowest BCUT2D eigenvalue weighted by atomic mass is 9.90. The molecule has 0 aliphatic heterocycles. The maximum Gasteiger partial charge on any atom is 0.00404 e. The van der Waals surface area contributed by atoms with Crippen LogP contribution in [0.25, 0.3) is 0 Å². The molecule has 2 aliphatic rings. The highest BCUT2D eigenvalue weighted by Gasteiger charge is 2.36. The van der Waals surface area contributed by atoms with Gasteiger partial charge in [0.2, 0.25) is 0 Å². The monoisotopic (exact) mass is 132 g/mol. The summed E-state index contributed by atoms with van der Waals surface area (Å²) in [7, 11) is 0. The van der Waals surface area contributed by atoms with E-state index in [2.05, 4.69) is 25.3 Å². The molecule has 52 valence electrons. The Bertz CT molecular complexity index is 210. The van der Waals surface area contributed by atoms with Gasteiger partial charge in [-0.3, -0.25) is 0 Å². The van der Waals surface area contributed by atoms with E-state index in [1.54, 1.807) is 0 Å². The molecule has 2 rings (SSSR count). The topological polar surface area (TPSA) is 0 Å². The van der Waals surface area contributed by atoms with Crippen molar-refractivity contribution in [2.75, 3.05) is 0 Å². The highest BCUT2D eigenvalue weighted by Crippen LogP contribution is 2.46. The molecule has 3 atom stereocenters. The van der Waals surface area contributed by atoms with Gasteiger partial charge in [0.1, 0.15) is 0 Å². The lowest BCUT2D eigenvalue weighted by Crippen LogP contribution is -2.05. The Hall–Kier alpha value is -0.780. The largest absolute Gasteiger partial charge is 0.102 e. The fourth-order valence-corrected chi connectivity index (χ4v) is 2.12. The van der Waals surface area contributed by atoms with Crippen LogP contribution in [-0.2, 0) is 0 Å². The second kappa shape index (κ2) is 1.85. The first-order chi connectivity index (χ1) is 4.83. The molecule has 2 bridgehead atoms. The Kier molecular flexibility index (Phi) is 1.10. The van der Waals surface area contributed by atoms with Crippen LogP contribution in [0.5, 0.6) is 0 Å². The molecular weight excluding hydrogens is 120 g/mol. The number of hydrogen-bond donors (Lipinski definition) is 0. The van der Waals surface area contributed by atoms with Crippen molar-refractivity contribution in [2.24, 2.45) is 17.8 Å². The summed E-state index contributed by atoms with van der Waals surface area (Å²) in [6.45, 7) is 7.88. The van der Waals surface area contributed by atoms with Gasteiger partial charge >= 0.3 is 0 Å². The number of rotatable bonds is 1. The Morgan fingerprint density at radius 1 is 1.50 bits per heavy atom. The van der Waals surface area contributed by atoms with E-state index < -0.39 is 0 Å². The standard InChI is InChI=1S/C10H12/c1-3-10-7(2)8-4-5-9(10)6-8/h3-5,8-10H,1-2,6H2. The normalized spacial score (nSPS) is 42.8. The predicted octanol–water partition coefficient (Wildman–Crippen LogP) is 2.55. The average Bonchev–Trinajstić information content (AvgIpc) is 2.46. The summed E-state index contributed by atoms with van der Waals surface area (Å²) in [4.78, 5) is 0. The zero-order valence-electron chi connectivity index (χ0n) is 6.09. The highest BCUT2D eigenvalue weighted by atomic mass is 14.4. The fourth-order valence-electron chi connectivity index (χ4n) is 2.12. The highest BCUT2D eigenvalue weighted by molar-refractivity contribution is 5.31. The minimum absolute atomic E-state index is 0.579. The first-order valence-corrected chi connectivity index (χ1v) is 3.82. The minimum atomic E-state index is 0.579. The number of fused-ring (bicyclic) bond motifs is 2. The van der Waals surface area contributed by atoms with E-state index in [1.165, 1.54) is 12.0 Å². The van der Waals surface area contributed by atoms with E-state index in [-0.39, 0.29) is 0 Å². The molecule has 0 heteroatoms. The molecule has 0 spiro atoms. The third kappa shape index (κ3) is 0.566.